The van der Waals surface area contributed by atoms with Gasteiger partial charge in [-0.15, -0.1) is 0 Å². The molecule has 0 radical (unpaired) electrons. The van der Waals surface area contributed by atoms with Crippen LogP contribution < -0.4 is 0 Å². The highest BCUT2D eigenvalue weighted by Crippen LogP contribution is 2.55. The minimum absolute atomic E-state index is 0.293. The molecule has 94 valence electrons. The zero-order chi connectivity index (χ0) is 12.2. The molecule has 2 heteroatoms. The van der Waals surface area contributed by atoms with Crippen molar-refractivity contribution in [3.8, 4) is 0 Å². The van der Waals surface area contributed by atoms with E-state index in [1.807, 2.05) is 12.3 Å². The Morgan fingerprint density at radius 3 is 3.17 bits per heavy atom. The minimum atomic E-state index is -0.450. The van der Waals surface area contributed by atoms with Crippen molar-refractivity contribution in [3.63, 3.8) is 0 Å². The Kier molecular flexibility index (Phi) is 2.19. The Morgan fingerprint density at radius 1 is 1.28 bits per heavy atom. The Morgan fingerprint density at radius 2 is 2.22 bits per heavy atom. The molecule has 2 fully saturated rings. The molecular formula is C16H19NO. The lowest BCUT2D eigenvalue weighted by atomic mass is 9.62. The maximum Gasteiger partial charge on any atom is 0.0744 e. The van der Waals surface area contributed by atoms with Gasteiger partial charge in [0.1, 0.15) is 0 Å². The maximum absolute atomic E-state index is 11.1. The summed E-state index contributed by atoms with van der Waals surface area (Å²) in [5.41, 5.74) is 2.01. The number of hydrogen-bond donors (Lipinski definition) is 1. The van der Waals surface area contributed by atoms with Crippen molar-refractivity contribution in [1.29, 1.82) is 0 Å². The number of aliphatic hydroxyl groups is 1. The van der Waals surface area contributed by atoms with Crippen LogP contribution in [-0.2, 0) is 0 Å². The van der Waals surface area contributed by atoms with Gasteiger partial charge in [0.2, 0.25) is 0 Å². The normalized spacial score (nSPS) is 41.1. The summed E-state index contributed by atoms with van der Waals surface area (Å²) in [5.74, 6) is 1.25. The highest BCUT2D eigenvalue weighted by atomic mass is 16.3. The second-order valence-electron chi connectivity index (χ2n) is 6.13. The molecule has 3 aliphatic carbocycles. The zero-order valence-electron chi connectivity index (χ0n) is 10.5. The Hall–Kier alpha value is -1.15. The predicted octanol–water partition coefficient (Wildman–Crippen LogP) is 3.13. The fourth-order valence-corrected chi connectivity index (χ4v) is 4.52. The molecule has 2 saturated carbocycles. The first kappa shape index (κ1) is 10.7. The van der Waals surface area contributed by atoms with Crippen molar-refractivity contribution in [2.24, 2.45) is 11.8 Å². The lowest BCUT2D eigenvalue weighted by Crippen LogP contribution is -2.47. The van der Waals surface area contributed by atoms with Crippen molar-refractivity contribution in [2.75, 3.05) is 0 Å². The first-order valence-electron chi connectivity index (χ1n) is 7.14. The molecule has 1 heterocycles. The van der Waals surface area contributed by atoms with Gasteiger partial charge in [0, 0.05) is 18.0 Å². The molecule has 4 atom stereocenters. The number of nitrogens with zero attached hydrogens (tertiary/aromatic N) is 1. The van der Waals surface area contributed by atoms with Crippen molar-refractivity contribution in [3.05, 3.63) is 35.7 Å². The number of fused-ring (bicyclic) bond motifs is 5. The highest BCUT2D eigenvalue weighted by Gasteiger charge is 2.53. The Bertz CT molecular complexity index is 510. The molecule has 18 heavy (non-hydrogen) atoms. The topological polar surface area (TPSA) is 33.1 Å². The molecule has 0 aromatic carbocycles. The molecule has 1 N–H and O–H groups in total. The number of pyridine rings is 1. The van der Waals surface area contributed by atoms with Gasteiger partial charge in [0.15, 0.2) is 0 Å². The van der Waals surface area contributed by atoms with Crippen LogP contribution in [0.4, 0.5) is 0 Å². The van der Waals surface area contributed by atoms with Crippen molar-refractivity contribution < 1.29 is 5.11 Å². The Labute approximate surface area is 108 Å². The smallest absolute Gasteiger partial charge is 0.0744 e. The van der Waals surface area contributed by atoms with Gasteiger partial charge < -0.3 is 5.11 Å². The lowest BCUT2D eigenvalue weighted by Gasteiger charge is -2.47. The van der Waals surface area contributed by atoms with Gasteiger partial charge in [-0.05, 0) is 43.2 Å². The van der Waals surface area contributed by atoms with Gasteiger partial charge in [0.25, 0.3) is 0 Å². The zero-order valence-corrected chi connectivity index (χ0v) is 10.5. The number of hydrogen-bond acceptors (Lipinski definition) is 2. The summed E-state index contributed by atoms with van der Waals surface area (Å²) in [6, 6.07) is 4.14. The van der Waals surface area contributed by atoms with E-state index in [0.29, 0.717) is 17.8 Å². The summed E-state index contributed by atoms with van der Waals surface area (Å²) in [6.45, 7) is 0. The summed E-state index contributed by atoms with van der Waals surface area (Å²) in [6.07, 6.45) is 12.0. The van der Waals surface area contributed by atoms with E-state index >= 15 is 0 Å². The molecular weight excluding hydrogens is 222 g/mol. The molecule has 0 aliphatic heterocycles. The van der Waals surface area contributed by atoms with Gasteiger partial charge >= 0.3 is 0 Å². The van der Waals surface area contributed by atoms with Gasteiger partial charge in [-0.1, -0.05) is 24.6 Å². The average molecular weight is 241 g/mol. The Balaban J connectivity index is 1.80. The van der Waals surface area contributed by atoms with E-state index in [1.165, 1.54) is 36.9 Å². The fourth-order valence-electron chi connectivity index (χ4n) is 4.52. The van der Waals surface area contributed by atoms with E-state index in [2.05, 4.69) is 23.2 Å². The number of aromatic nitrogens is 1. The van der Waals surface area contributed by atoms with Crippen LogP contribution in [-0.4, -0.2) is 15.7 Å². The molecule has 0 saturated heterocycles. The molecule has 4 rings (SSSR count). The minimum Gasteiger partial charge on any atom is -0.389 e. The second-order valence-corrected chi connectivity index (χ2v) is 6.13. The third kappa shape index (κ3) is 1.30. The first-order chi connectivity index (χ1) is 8.79. The summed E-state index contributed by atoms with van der Waals surface area (Å²) in [4.78, 5) is 4.59. The van der Waals surface area contributed by atoms with Crippen LogP contribution in [0.15, 0.2) is 24.4 Å². The third-order valence-corrected chi connectivity index (χ3v) is 5.38. The fraction of sp³-hybridized carbons (Fsp3) is 0.562. The van der Waals surface area contributed by atoms with E-state index < -0.39 is 5.60 Å². The third-order valence-electron chi connectivity index (χ3n) is 5.38. The molecule has 1 aromatic rings. The standard InChI is InChI=1S/C16H19NO/c18-16-9-1-4-12(16)6-7-13-14(16)8-5-11-3-2-10-17-15(11)13/h2-3,5,8,10,12-14,18H,1,4,6-7,9H2/t12-,13+,14+,16+/m0/s1. The van der Waals surface area contributed by atoms with Crippen LogP contribution in [0.3, 0.4) is 0 Å². The largest absolute Gasteiger partial charge is 0.389 e. The van der Waals surface area contributed by atoms with Gasteiger partial charge in [0.05, 0.1) is 11.3 Å². The van der Waals surface area contributed by atoms with E-state index in [-0.39, 0.29) is 0 Å². The summed E-state index contributed by atoms with van der Waals surface area (Å²) in [5, 5.41) is 11.1. The second kappa shape index (κ2) is 3.67. The van der Waals surface area contributed by atoms with Crippen LogP contribution in [0, 0.1) is 11.8 Å². The van der Waals surface area contributed by atoms with Crippen LogP contribution in [0.25, 0.3) is 6.08 Å². The monoisotopic (exact) mass is 241 g/mol. The predicted molar refractivity (Wildman–Crippen MR) is 71.0 cm³/mol. The van der Waals surface area contributed by atoms with Crippen LogP contribution in [0.5, 0.6) is 0 Å². The van der Waals surface area contributed by atoms with Crippen molar-refractivity contribution in [1.82, 2.24) is 4.98 Å². The van der Waals surface area contributed by atoms with Crippen LogP contribution in [0.2, 0.25) is 0 Å². The highest BCUT2D eigenvalue weighted by molar-refractivity contribution is 5.57. The van der Waals surface area contributed by atoms with E-state index in [1.54, 1.807) is 0 Å². The summed E-state index contributed by atoms with van der Waals surface area (Å²) < 4.78 is 0. The van der Waals surface area contributed by atoms with Crippen LogP contribution >= 0.6 is 0 Å². The average Bonchev–Trinajstić information content (AvgIpc) is 2.80. The number of rotatable bonds is 0. The molecule has 0 amide bonds. The molecule has 3 aliphatic rings. The SMILES string of the molecule is O[C@]12CCC[C@H]1CC[C@H]1c3ncccc3C=C[C@H]12. The van der Waals surface area contributed by atoms with Crippen molar-refractivity contribution >= 4 is 6.08 Å². The quantitative estimate of drug-likeness (QED) is 0.757. The van der Waals surface area contributed by atoms with Gasteiger partial charge in [-0.3, -0.25) is 4.98 Å². The summed E-state index contributed by atoms with van der Waals surface area (Å²) >= 11 is 0. The molecule has 0 spiro atoms. The molecule has 2 nitrogen and oxygen atoms in total. The first-order valence-corrected chi connectivity index (χ1v) is 7.14. The summed E-state index contributed by atoms with van der Waals surface area (Å²) in [7, 11) is 0. The van der Waals surface area contributed by atoms with Gasteiger partial charge in [-0.25, -0.2) is 0 Å². The van der Waals surface area contributed by atoms with Crippen molar-refractivity contribution in [2.45, 2.75) is 43.6 Å². The molecule has 1 aromatic heterocycles. The van der Waals surface area contributed by atoms with Gasteiger partial charge in [-0.2, -0.15) is 0 Å². The van der Waals surface area contributed by atoms with E-state index in [4.69, 9.17) is 0 Å². The lowest BCUT2D eigenvalue weighted by molar-refractivity contribution is -0.0684. The van der Waals surface area contributed by atoms with E-state index in [0.717, 1.165) is 6.42 Å². The van der Waals surface area contributed by atoms with Crippen LogP contribution in [0.1, 0.15) is 49.3 Å². The maximum atomic E-state index is 11.1. The molecule has 0 unspecified atom stereocenters. The van der Waals surface area contributed by atoms with E-state index in [9.17, 15) is 5.11 Å². The molecule has 0 bridgehead atoms.